The molecule has 1 aliphatic heterocycles. The number of nitrogens with one attached hydrogen (secondary N) is 2. The van der Waals surface area contributed by atoms with Crippen LogP contribution in [0.5, 0.6) is 0 Å². The Bertz CT molecular complexity index is 1050. The molecular weight excluding hydrogens is 406 g/mol. The van der Waals surface area contributed by atoms with E-state index in [2.05, 4.69) is 10.6 Å². The summed E-state index contributed by atoms with van der Waals surface area (Å²) in [6.45, 7) is 2.06. The third kappa shape index (κ3) is 4.37. The smallest absolute Gasteiger partial charge is 0.291 e. The van der Waals surface area contributed by atoms with E-state index in [1.165, 1.54) is 11.3 Å². The van der Waals surface area contributed by atoms with E-state index in [0.717, 1.165) is 0 Å². The molecule has 3 aromatic rings. The molecule has 1 fully saturated rings. The summed E-state index contributed by atoms with van der Waals surface area (Å²) in [6, 6.07) is 8.89. The maximum Gasteiger partial charge on any atom is 0.291 e. The molecule has 3 amide bonds. The SMILES string of the molecule is O=C(CCNC(=O)c1ccsc1)Nc1c(C(=O)N2CCOCC2)oc2ccccc12. The van der Waals surface area contributed by atoms with E-state index >= 15 is 0 Å². The molecule has 0 atom stereocenters. The minimum atomic E-state index is -0.316. The van der Waals surface area contributed by atoms with Gasteiger partial charge in [-0.2, -0.15) is 11.3 Å². The van der Waals surface area contributed by atoms with Crippen molar-refractivity contribution in [2.45, 2.75) is 6.42 Å². The fourth-order valence-electron chi connectivity index (χ4n) is 3.22. The molecule has 0 spiro atoms. The molecule has 4 rings (SSSR count). The van der Waals surface area contributed by atoms with Gasteiger partial charge in [0.2, 0.25) is 11.7 Å². The Labute approximate surface area is 176 Å². The number of morpholine rings is 1. The van der Waals surface area contributed by atoms with E-state index in [0.29, 0.717) is 48.5 Å². The molecular formula is C21H21N3O5S. The number of hydrogen-bond donors (Lipinski definition) is 2. The number of benzene rings is 1. The number of rotatable bonds is 6. The monoisotopic (exact) mass is 427 g/mol. The third-order valence-electron chi connectivity index (χ3n) is 4.77. The second-order valence-corrected chi connectivity index (χ2v) is 7.55. The van der Waals surface area contributed by atoms with Crippen LogP contribution in [0, 0.1) is 0 Å². The molecule has 0 bridgehead atoms. The molecule has 0 unspecified atom stereocenters. The largest absolute Gasteiger partial charge is 0.449 e. The van der Waals surface area contributed by atoms with Crippen LogP contribution in [0.1, 0.15) is 27.3 Å². The van der Waals surface area contributed by atoms with Gasteiger partial charge in [0.1, 0.15) is 11.3 Å². The first-order valence-corrected chi connectivity index (χ1v) is 10.6. The topological polar surface area (TPSA) is 101 Å². The maximum atomic E-state index is 13.0. The van der Waals surface area contributed by atoms with Crippen molar-refractivity contribution < 1.29 is 23.5 Å². The van der Waals surface area contributed by atoms with Gasteiger partial charge >= 0.3 is 0 Å². The van der Waals surface area contributed by atoms with E-state index in [-0.39, 0.29) is 36.4 Å². The first-order valence-electron chi connectivity index (χ1n) is 9.62. The predicted molar refractivity (Wildman–Crippen MR) is 113 cm³/mol. The highest BCUT2D eigenvalue weighted by Crippen LogP contribution is 2.32. The quantitative estimate of drug-likeness (QED) is 0.630. The van der Waals surface area contributed by atoms with E-state index in [1.54, 1.807) is 34.5 Å². The summed E-state index contributed by atoms with van der Waals surface area (Å²) in [4.78, 5) is 39.1. The Morgan fingerprint density at radius 3 is 2.67 bits per heavy atom. The molecule has 3 heterocycles. The molecule has 1 saturated heterocycles. The first kappa shape index (κ1) is 20.1. The summed E-state index contributed by atoms with van der Waals surface area (Å²) in [5.74, 6) is -0.714. The molecule has 0 radical (unpaired) electrons. The van der Waals surface area contributed by atoms with Gasteiger partial charge in [0.15, 0.2) is 0 Å². The molecule has 1 aromatic carbocycles. The van der Waals surface area contributed by atoms with Crippen molar-refractivity contribution in [3.63, 3.8) is 0 Å². The Morgan fingerprint density at radius 1 is 1.10 bits per heavy atom. The molecule has 0 saturated carbocycles. The van der Waals surface area contributed by atoms with Gasteiger partial charge in [-0.05, 0) is 23.6 Å². The molecule has 2 N–H and O–H groups in total. The van der Waals surface area contributed by atoms with Crippen molar-refractivity contribution in [2.75, 3.05) is 38.2 Å². The van der Waals surface area contributed by atoms with Crippen LogP contribution >= 0.6 is 11.3 Å². The number of anilines is 1. The zero-order valence-corrected chi connectivity index (χ0v) is 17.0. The standard InChI is InChI=1S/C21H21N3O5S/c25-17(5-7-22-20(26)14-6-12-30-13-14)23-18-15-3-1-2-4-16(15)29-19(18)21(27)24-8-10-28-11-9-24/h1-4,6,12-13H,5,7-11H2,(H,22,26)(H,23,25). The zero-order valence-electron chi connectivity index (χ0n) is 16.2. The molecule has 1 aliphatic rings. The van der Waals surface area contributed by atoms with E-state index < -0.39 is 0 Å². The zero-order chi connectivity index (χ0) is 20.9. The van der Waals surface area contributed by atoms with Crippen LogP contribution in [0.2, 0.25) is 0 Å². The van der Waals surface area contributed by atoms with Crippen molar-refractivity contribution in [3.8, 4) is 0 Å². The van der Waals surface area contributed by atoms with E-state index in [1.807, 2.05) is 11.4 Å². The minimum absolute atomic E-state index is 0.0700. The highest BCUT2D eigenvalue weighted by atomic mass is 32.1. The molecule has 30 heavy (non-hydrogen) atoms. The number of para-hydroxylation sites is 1. The lowest BCUT2D eigenvalue weighted by Crippen LogP contribution is -2.40. The van der Waals surface area contributed by atoms with Crippen LogP contribution in [0.25, 0.3) is 11.0 Å². The number of amides is 3. The number of carbonyl (C=O) groups excluding carboxylic acids is 3. The Balaban J connectivity index is 1.46. The number of fused-ring (bicyclic) bond motifs is 1. The Kier molecular flexibility index (Phi) is 6.10. The maximum absolute atomic E-state index is 13.0. The average Bonchev–Trinajstić information content (AvgIpc) is 3.43. The lowest BCUT2D eigenvalue weighted by atomic mass is 10.2. The van der Waals surface area contributed by atoms with Crippen molar-refractivity contribution in [1.29, 1.82) is 0 Å². The molecule has 2 aromatic heterocycles. The van der Waals surface area contributed by atoms with Gasteiger partial charge in [0.25, 0.3) is 11.8 Å². The number of ether oxygens (including phenoxy) is 1. The fraction of sp³-hybridized carbons (Fsp3) is 0.286. The molecule has 0 aliphatic carbocycles. The van der Waals surface area contributed by atoms with Gasteiger partial charge < -0.3 is 24.7 Å². The van der Waals surface area contributed by atoms with Gasteiger partial charge in [-0.3, -0.25) is 14.4 Å². The van der Waals surface area contributed by atoms with Crippen molar-refractivity contribution in [1.82, 2.24) is 10.2 Å². The summed E-state index contributed by atoms with van der Waals surface area (Å²) in [5, 5.41) is 9.74. The third-order valence-corrected chi connectivity index (χ3v) is 5.46. The molecule has 9 heteroatoms. The second kappa shape index (κ2) is 9.10. The van der Waals surface area contributed by atoms with Crippen LogP contribution in [0.3, 0.4) is 0 Å². The summed E-state index contributed by atoms with van der Waals surface area (Å²) < 4.78 is 11.1. The molecule has 8 nitrogen and oxygen atoms in total. The lowest BCUT2D eigenvalue weighted by Gasteiger charge is -2.26. The number of hydrogen-bond acceptors (Lipinski definition) is 6. The number of carbonyl (C=O) groups is 3. The number of thiophene rings is 1. The average molecular weight is 427 g/mol. The van der Waals surface area contributed by atoms with E-state index in [9.17, 15) is 14.4 Å². The molecule has 156 valence electrons. The second-order valence-electron chi connectivity index (χ2n) is 6.77. The minimum Gasteiger partial charge on any atom is -0.449 e. The number of furan rings is 1. The summed E-state index contributed by atoms with van der Waals surface area (Å²) in [6.07, 6.45) is 0.0700. The summed E-state index contributed by atoms with van der Waals surface area (Å²) in [7, 11) is 0. The van der Waals surface area contributed by atoms with E-state index in [4.69, 9.17) is 9.15 Å². The first-order chi connectivity index (χ1) is 14.6. The highest BCUT2D eigenvalue weighted by molar-refractivity contribution is 7.08. The fourth-order valence-corrected chi connectivity index (χ4v) is 3.85. The Morgan fingerprint density at radius 2 is 1.90 bits per heavy atom. The van der Waals surface area contributed by atoms with Crippen LogP contribution in [0.4, 0.5) is 5.69 Å². The van der Waals surface area contributed by atoms with Crippen molar-refractivity contribution >= 4 is 45.7 Å². The predicted octanol–water partition coefficient (Wildman–Crippen LogP) is 2.73. The van der Waals surface area contributed by atoms with Crippen LogP contribution in [0.15, 0.2) is 45.5 Å². The van der Waals surface area contributed by atoms with Crippen molar-refractivity contribution in [3.05, 3.63) is 52.4 Å². The van der Waals surface area contributed by atoms with Gasteiger partial charge in [-0.1, -0.05) is 12.1 Å². The van der Waals surface area contributed by atoms with Gasteiger partial charge in [-0.15, -0.1) is 0 Å². The normalized spacial score (nSPS) is 13.9. The Hall–Kier alpha value is -3.17. The van der Waals surface area contributed by atoms with Crippen LogP contribution < -0.4 is 10.6 Å². The lowest BCUT2D eigenvalue weighted by molar-refractivity contribution is -0.116. The summed E-state index contributed by atoms with van der Waals surface area (Å²) >= 11 is 1.43. The summed E-state index contributed by atoms with van der Waals surface area (Å²) in [5.41, 5.74) is 1.45. The van der Waals surface area contributed by atoms with Crippen LogP contribution in [-0.2, 0) is 9.53 Å². The van der Waals surface area contributed by atoms with Gasteiger partial charge in [-0.25, -0.2) is 0 Å². The van der Waals surface area contributed by atoms with Crippen LogP contribution in [-0.4, -0.2) is 55.5 Å². The number of nitrogens with zero attached hydrogens (tertiary/aromatic N) is 1. The van der Waals surface area contributed by atoms with Gasteiger partial charge in [0.05, 0.1) is 13.2 Å². The van der Waals surface area contributed by atoms with Crippen molar-refractivity contribution in [2.24, 2.45) is 0 Å². The highest BCUT2D eigenvalue weighted by Gasteiger charge is 2.27. The van der Waals surface area contributed by atoms with Gasteiger partial charge in [0, 0.05) is 42.4 Å².